The number of hydrogen-bond donors (Lipinski definition) is 3. The van der Waals surface area contributed by atoms with Crippen LogP contribution in [0.4, 0.5) is 0 Å². The van der Waals surface area contributed by atoms with Crippen LogP contribution in [0.25, 0.3) is 5.82 Å². The van der Waals surface area contributed by atoms with Gasteiger partial charge in [0.25, 0.3) is 5.91 Å². The summed E-state index contributed by atoms with van der Waals surface area (Å²) in [7, 11) is 1.51. The van der Waals surface area contributed by atoms with Crippen LogP contribution in [0.1, 0.15) is 36.1 Å². The Bertz CT molecular complexity index is 1070. The van der Waals surface area contributed by atoms with E-state index in [4.69, 9.17) is 15.3 Å². The van der Waals surface area contributed by atoms with Crippen molar-refractivity contribution >= 4 is 11.6 Å². The molecule has 2 atom stereocenters. The van der Waals surface area contributed by atoms with Gasteiger partial charge in [-0.05, 0) is 49.9 Å². The van der Waals surface area contributed by atoms with Crippen LogP contribution in [-0.4, -0.2) is 69.4 Å². The van der Waals surface area contributed by atoms with Crippen molar-refractivity contribution in [3.63, 3.8) is 0 Å². The maximum atomic E-state index is 13.2. The average Bonchev–Trinajstić information content (AvgIpc) is 3.38. The third-order valence-corrected chi connectivity index (χ3v) is 5.79. The van der Waals surface area contributed by atoms with Crippen LogP contribution in [0.15, 0.2) is 48.5 Å². The smallest absolute Gasteiger partial charge is 0.255 e. The number of aliphatic hydroxyl groups is 1. The predicted molar refractivity (Wildman–Crippen MR) is 126 cm³/mol. The molecule has 0 fully saturated rings. The van der Waals surface area contributed by atoms with Crippen molar-refractivity contribution in [1.29, 1.82) is 5.41 Å². The predicted octanol–water partition coefficient (Wildman–Crippen LogP) is 2.23. The van der Waals surface area contributed by atoms with Gasteiger partial charge in [0.05, 0.1) is 18.0 Å². The lowest BCUT2D eigenvalue weighted by atomic mass is 10.0. The van der Waals surface area contributed by atoms with Crippen molar-refractivity contribution in [2.75, 3.05) is 26.8 Å². The van der Waals surface area contributed by atoms with E-state index < -0.39 is 6.23 Å². The van der Waals surface area contributed by atoms with Crippen molar-refractivity contribution in [2.24, 2.45) is 0 Å². The Morgan fingerprint density at radius 3 is 2.76 bits per heavy atom. The highest BCUT2D eigenvalue weighted by Gasteiger charge is 2.36. The Hall–Kier alpha value is -3.14. The van der Waals surface area contributed by atoms with Crippen LogP contribution in [0.3, 0.4) is 0 Å². The molecule has 0 radical (unpaired) electrons. The largest absolute Gasteiger partial charge is 0.396 e. The van der Waals surface area contributed by atoms with Gasteiger partial charge >= 0.3 is 0 Å². The van der Waals surface area contributed by atoms with E-state index in [1.807, 2.05) is 33.0 Å². The number of amides is 1. The van der Waals surface area contributed by atoms with Crippen molar-refractivity contribution in [2.45, 2.75) is 39.5 Å². The Kier molecular flexibility index (Phi) is 7.91. The molecule has 176 valence electrons. The fraction of sp³-hybridized carbons (Fsp3) is 0.417. The van der Waals surface area contributed by atoms with Gasteiger partial charge in [-0.15, -0.1) is 0 Å². The minimum absolute atomic E-state index is 0.0490. The molecule has 0 spiro atoms. The summed E-state index contributed by atoms with van der Waals surface area (Å²) in [6.07, 6.45) is 6.84. The van der Waals surface area contributed by atoms with Gasteiger partial charge in [0.1, 0.15) is 0 Å². The zero-order valence-corrected chi connectivity index (χ0v) is 19.6. The summed E-state index contributed by atoms with van der Waals surface area (Å²) in [6, 6.07) is 1.77. The molecule has 0 aromatic carbocycles. The molecule has 3 N–H and O–H groups in total. The second-order valence-corrected chi connectivity index (χ2v) is 8.14. The number of ether oxygens (including phenoxy) is 1. The molecule has 2 aromatic heterocycles. The number of hydrogen-bond acceptors (Lipinski definition) is 7. The van der Waals surface area contributed by atoms with E-state index in [1.165, 1.54) is 13.2 Å². The molecule has 3 heterocycles. The third kappa shape index (κ3) is 5.11. The number of carbonyl (C=O) groups is 1. The van der Waals surface area contributed by atoms with Gasteiger partial charge in [-0.2, -0.15) is 5.10 Å². The highest BCUT2D eigenvalue weighted by molar-refractivity contribution is 6.13. The second-order valence-electron chi connectivity index (χ2n) is 8.14. The van der Waals surface area contributed by atoms with E-state index in [2.05, 4.69) is 22.0 Å². The molecule has 0 aliphatic carbocycles. The molecule has 3 rings (SSSR count). The van der Waals surface area contributed by atoms with Crippen LogP contribution in [0.2, 0.25) is 0 Å². The first-order valence-corrected chi connectivity index (χ1v) is 10.9. The van der Waals surface area contributed by atoms with E-state index in [1.54, 1.807) is 22.0 Å². The Balaban J connectivity index is 1.80. The molecule has 1 aliphatic heterocycles. The minimum atomic E-state index is -0.676. The van der Waals surface area contributed by atoms with Gasteiger partial charge in [-0.3, -0.25) is 10.1 Å². The van der Waals surface area contributed by atoms with Crippen LogP contribution in [0.5, 0.6) is 0 Å². The molecule has 1 aliphatic rings. The van der Waals surface area contributed by atoms with Crippen LogP contribution in [-0.2, 0) is 9.53 Å². The third-order valence-electron chi connectivity index (χ3n) is 5.79. The summed E-state index contributed by atoms with van der Waals surface area (Å²) >= 11 is 0. The van der Waals surface area contributed by atoms with Crippen molar-refractivity contribution in [1.82, 2.24) is 25.0 Å². The van der Waals surface area contributed by atoms with E-state index >= 15 is 0 Å². The number of nitrogens with one attached hydrogen (secondary N) is 2. The SMILES string of the molecule is C=CC1=C(C(=N)C(NCCCO)OC)CN(C(C)c2cnc(-n3cc(C)cn3)c(C)c2)C1=O. The summed E-state index contributed by atoms with van der Waals surface area (Å²) < 4.78 is 7.16. The minimum Gasteiger partial charge on any atom is -0.396 e. The molecule has 33 heavy (non-hydrogen) atoms. The van der Waals surface area contributed by atoms with Crippen molar-refractivity contribution in [3.8, 4) is 5.82 Å². The quantitative estimate of drug-likeness (QED) is 0.274. The first-order chi connectivity index (χ1) is 15.8. The number of rotatable bonds is 11. The van der Waals surface area contributed by atoms with E-state index in [0.717, 1.165) is 22.5 Å². The zero-order valence-electron chi connectivity index (χ0n) is 19.6. The number of nitrogens with zero attached hydrogens (tertiary/aromatic N) is 4. The number of pyridine rings is 1. The zero-order chi connectivity index (χ0) is 24.1. The molecule has 2 aromatic rings. The second kappa shape index (κ2) is 10.7. The fourth-order valence-electron chi connectivity index (χ4n) is 3.90. The maximum Gasteiger partial charge on any atom is 0.255 e. The normalized spacial score (nSPS) is 15.8. The first-order valence-electron chi connectivity index (χ1n) is 10.9. The van der Waals surface area contributed by atoms with Crippen LogP contribution >= 0.6 is 0 Å². The Morgan fingerprint density at radius 2 is 2.18 bits per heavy atom. The monoisotopic (exact) mass is 452 g/mol. The summed E-state index contributed by atoms with van der Waals surface area (Å²) in [5.74, 6) is 0.572. The average molecular weight is 453 g/mol. The standard InChI is InChI=1S/C24H32N6O3/c1-6-19-20(21(25)23(33-5)26-8-7-9-31)14-29(24(19)32)17(4)18-10-16(3)22(27-12-18)30-13-15(2)11-28-30/h6,10-13,17,23,25-26,31H,1,7-9,14H2,2-5H3. The molecule has 2 unspecified atom stereocenters. The van der Waals surface area contributed by atoms with Crippen molar-refractivity contribution < 1.29 is 14.6 Å². The van der Waals surface area contributed by atoms with Gasteiger partial charge in [-0.1, -0.05) is 12.7 Å². The highest BCUT2D eigenvalue weighted by atomic mass is 16.5. The summed E-state index contributed by atoms with van der Waals surface area (Å²) in [5.41, 5.74) is 4.08. The molecule has 9 nitrogen and oxygen atoms in total. The number of carbonyl (C=O) groups excluding carboxylic acids is 1. The van der Waals surface area contributed by atoms with Gasteiger partial charge < -0.3 is 20.2 Å². The van der Waals surface area contributed by atoms with E-state index in [-0.39, 0.29) is 30.8 Å². The lowest BCUT2D eigenvalue weighted by molar-refractivity contribution is -0.127. The number of aliphatic hydroxyl groups excluding tert-OH is 1. The Morgan fingerprint density at radius 1 is 1.42 bits per heavy atom. The molecule has 0 saturated heterocycles. The number of aryl methyl sites for hydroxylation is 2. The Labute approximate surface area is 194 Å². The molecular weight excluding hydrogens is 420 g/mol. The topological polar surface area (TPSA) is 116 Å². The summed E-state index contributed by atoms with van der Waals surface area (Å²) in [4.78, 5) is 19.5. The summed E-state index contributed by atoms with van der Waals surface area (Å²) in [6.45, 7) is 10.5. The molecule has 0 saturated carbocycles. The first kappa shape index (κ1) is 24.5. The van der Waals surface area contributed by atoms with E-state index in [9.17, 15) is 4.79 Å². The lowest BCUT2D eigenvalue weighted by Gasteiger charge is -2.26. The molecule has 0 bridgehead atoms. The van der Waals surface area contributed by atoms with Gasteiger partial charge in [0.2, 0.25) is 0 Å². The summed E-state index contributed by atoms with van der Waals surface area (Å²) in [5, 5.41) is 25.1. The van der Waals surface area contributed by atoms with E-state index in [0.29, 0.717) is 24.1 Å². The highest BCUT2D eigenvalue weighted by Crippen LogP contribution is 2.31. The van der Waals surface area contributed by atoms with Crippen LogP contribution in [0, 0.1) is 19.3 Å². The van der Waals surface area contributed by atoms with Crippen molar-refractivity contribution in [3.05, 3.63) is 65.1 Å². The number of aromatic nitrogens is 3. The van der Waals surface area contributed by atoms with Gasteiger partial charge in [0, 0.05) is 50.3 Å². The van der Waals surface area contributed by atoms with Gasteiger partial charge in [-0.25, -0.2) is 9.67 Å². The van der Waals surface area contributed by atoms with Crippen LogP contribution < -0.4 is 5.32 Å². The maximum absolute atomic E-state index is 13.2. The van der Waals surface area contributed by atoms with Gasteiger partial charge in [0.15, 0.2) is 12.0 Å². The molecule has 1 amide bonds. The molecule has 9 heteroatoms. The number of methoxy groups -OCH3 is 1. The molecular formula is C24H32N6O3. The lowest BCUT2D eigenvalue weighted by Crippen LogP contribution is -2.40. The fourth-order valence-corrected chi connectivity index (χ4v) is 3.90.